The van der Waals surface area contributed by atoms with E-state index in [0.717, 1.165) is 24.2 Å². The molecule has 5 nitrogen and oxygen atoms in total. The fraction of sp³-hybridized carbons (Fsp3) is 0.545. The zero-order valence-electron chi connectivity index (χ0n) is 10.2. The Morgan fingerprint density at radius 3 is 2.78 bits per heavy atom. The average Bonchev–Trinajstić information content (AvgIpc) is 3.07. The average molecular weight is 289 g/mol. The molecule has 0 aliphatic heterocycles. The monoisotopic (exact) mass is 289 g/mol. The van der Waals surface area contributed by atoms with E-state index in [2.05, 4.69) is 9.46 Å². The smallest absolute Gasteiger partial charge is 0.349 e. The van der Waals surface area contributed by atoms with E-state index >= 15 is 0 Å². The Bertz CT molecular complexity index is 558. The van der Waals surface area contributed by atoms with Gasteiger partial charge in [0.25, 0.3) is 0 Å². The summed E-state index contributed by atoms with van der Waals surface area (Å²) in [6.07, 6.45) is 2.13. The zero-order chi connectivity index (χ0) is 13.3. The quantitative estimate of drug-likeness (QED) is 0.834. The van der Waals surface area contributed by atoms with Crippen LogP contribution in [0.2, 0.25) is 0 Å². The maximum Gasteiger partial charge on any atom is 0.349 e. The van der Waals surface area contributed by atoms with Crippen LogP contribution >= 0.6 is 11.3 Å². The standard InChI is InChI=1S/C11H15NO4S2/c1-7-6-17-9(11(13)16-2)10(7)18(14,15)12-5-8-3-4-8/h6,8,12H,3-5H2,1-2H3. The maximum absolute atomic E-state index is 12.2. The largest absolute Gasteiger partial charge is 0.465 e. The molecule has 0 spiro atoms. The van der Waals surface area contributed by atoms with Crippen molar-refractivity contribution in [1.29, 1.82) is 0 Å². The number of esters is 1. The van der Waals surface area contributed by atoms with Gasteiger partial charge < -0.3 is 4.74 Å². The second-order valence-electron chi connectivity index (χ2n) is 4.36. The normalized spacial score (nSPS) is 15.7. The number of carbonyl (C=O) groups is 1. The number of rotatable bonds is 5. The summed E-state index contributed by atoms with van der Waals surface area (Å²) >= 11 is 1.09. The van der Waals surface area contributed by atoms with E-state index in [4.69, 9.17) is 0 Å². The van der Waals surface area contributed by atoms with Gasteiger partial charge in [-0.1, -0.05) is 0 Å². The molecule has 0 saturated heterocycles. The molecule has 0 radical (unpaired) electrons. The van der Waals surface area contributed by atoms with E-state index in [9.17, 15) is 13.2 Å². The summed E-state index contributed by atoms with van der Waals surface area (Å²) in [6.45, 7) is 2.12. The molecule has 1 fully saturated rings. The minimum Gasteiger partial charge on any atom is -0.465 e. The number of hydrogen-bond acceptors (Lipinski definition) is 5. The summed E-state index contributed by atoms with van der Waals surface area (Å²) in [5.74, 6) is -0.166. The van der Waals surface area contributed by atoms with Crippen LogP contribution in [-0.4, -0.2) is 28.0 Å². The molecule has 100 valence electrons. The van der Waals surface area contributed by atoms with Crippen LogP contribution in [0.5, 0.6) is 0 Å². The van der Waals surface area contributed by atoms with Gasteiger partial charge in [0.1, 0.15) is 9.77 Å². The van der Waals surface area contributed by atoms with E-state index in [1.807, 2.05) is 0 Å². The van der Waals surface area contributed by atoms with Crippen molar-refractivity contribution in [1.82, 2.24) is 4.72 Å². The predicted molar refractivity (Wildman–Crippen MR) is 68.3 cm³/mol. The van der Waals surface area contributed by atoms with Gasteiger partial charge in [-0.05, 0) is 36.6 Å². The van der Waals surface area contributed by atoms with Crippen molar-refractivity contribution in [2.45, 2.75) is 24.7 Å². The van der Waals surface area contributed by atoms with E-state index in [1.54, 1.807) is 12.3 Å². The van der Waals surface area contributed by atoms with Crippen LogP contribution in [0.15, 0.2) is 10.3 Å². The SMILES string of the molecule is COC(=O)c1scc(C)c1S(=O)(=O)NCC1CC1. The summed E-state index contributed by atoms with van der Waals surface area (Å²) in [5.41, 5.74) is 0.573. The van der Waals surface area contributed by atoms with Crippen LogP contribution in [0.1, 0.15) is 28.1 Å². The second-order valence-corrected chi connectivity index (χ2v) is 6.95. The summed E-state index contributed by atoms with van der Waals surface area (Å²) in [7, 11) is -2.39. The number of thiophene rings is 1. The number of sulfonamides is 1. The van der Waals surface area contributed by atoms with Crippen LogP contribution in [0, 0.1) is 12.8 Å². The third kappa shape index (κ3) is 2.73. The lowest BCUT2D eigenvalue weighted by Crippen LogP contribution is -2.27. The van der Waals surface area contributed by atoms with Gasteiger partial charge in [-0.2, -0.15) is 0 Å². The van der Waals surface area contributed by atoms with Gasteiger partial charge in [-0.15, -0.1) is 11.3 Å². The van der Waals surface area contributed by atoms with Crippen LogP contribution in [0.3, 0.4) is 0 Å². The minimum absolute atomic E-state index is 0.0556. The number of methoxy groups -OCH3 is 1. The minimum atomic E-state index is -3.63. The Kier molecular flexibility index (Phi) is 3.74. The van der Waals surface area contributed by atoms with Gasteiger partial charge in [-0.25, -0.2) is 17.9 Å². The lowest BCUT2D eigenvalue weighted by atomic mass is 10.3. The molecule has 0 amide bonds. The van der Waals surface area contributed by atoms with Crippen LogP contribution in [0.4, 0.5) is 0 Å². The van der Waals surface area contributed by atoms with Gasteiger partial charge in [0.05, 0.1) is 7.11 Å². The second kappa shape index (κ2) is 4.99. The first kappa shape index (κ1) is 13.5. The van der Waals surface area contributed by atoms with Crippen LogP contribution < -0.4 is 4.72 Å². The summed E-state index contributed by atoms with van der Waals surface area (Å²) in [4.78, 5) is 11.7. The molecule has 1 saturated carbocycles. The van der Waals surface area contributed by atoms with Gasteiger partial charge in [0.2, 0.25) is 10.0 Å². The molecule has 1 heterocycles. The van der Waals surface area contributed by atoms with Gasteiger partial charge in [0, 0.05) is 6.54 Å². The van der Waals surface area contributed by atoms with Crippen molar-refractivity contribution in [2.24, 2.45) is 5.92 Å². The number of carbonyl (C=O) groups excluding carboxylic acids is 1. The molecule has 1 aliphatic carbocycles. The molecule has 0 bridgehead atoms. The van der Waals surface area contributed by atoms with Gasteiger partial charge in [0.15, 0.2) is 0 Å². The zero-order valence-corrected chi connectivity index (χ0v) is 11.9. The van der Waals surface area contributed by atoms with Crippen molar-refractivity contribution < 1.29 is 17.9 Å². The van der Waals surface area contributed by atoms with E-state index in [1.165, 1.54) is 7.11 Å². The van der Waals surface area contributed by atoms with Crippen molar-refractivity contribution in [2.75, 3.05) is 13.7 Å². The first-order valence-corrected chi connectivity index (χ1v) is 7.98. The van der Waals surface area contributed by atoms with Crippen molar-refractivity contribution in [3.05, 3.63) is 15.8 Å². The Hall–Kier alpha value is -0.920. The van der Waals surface area contributed by atoms with Crippen LogP contribution in [-0.2, 0) is 14.8 Å². The maximum atomic E-state index is 12.2. The fourth-order valence-corrected chi connectivity index (χ4v) is 4.44. The summed E-state index contributed by atoms with van der Waals surface area (Å²) in [5, 5.41) is 1.65. The fourth-order valence-electron chi connectivity index (χ4n) is 1.62. The van der Waals surface area contributed by atoms with Crippen LogP contribution in [0.25, 0.3) is 0 Å². The molecule has 0 aromatic carbocycles. The predicted octanol–water partition coefficient (Wildman–Crippen LogP) is 1.53. The first-order chi connectivity index (χ1) is 8.45. The molecule has 7 heteroatoms. The van der Waals surface area contributed by atoms with Gasteiger partial charge >= 0.3 is 5.97 Å². The van der Waals surface area contributed by atoms with E-state index in [0.29, 0.717) is 18.0 Å². The molecule has 1 aliphatic rings. The van der Waals surface area contributed by atoms with E-state index < -0.39 is 16.0 Å². The molecule has 1 aromatic rings. The van der Waals surface area contributed by atoms with Crippen molar-refractivity contribution in [3.63, 3.8) is 0 Å². The topological polar surface area (TPSA) is 72.5 Å². The molecular formula is C11H15NO4S2. The third-order valence-corrected chi connectivity index (χ3v) is 5.63. The molecule has 0 atom stereocenters. The molecule has 1 aromatic heterocycles. The number of aryl methyl sites for hydroxylation is 1. The number of ether oxygens (including phenoxy) is 1. The highest BCUT2D eigenvalue weighted by atomic mass is 32.2. The first-order valence-electron chi connectivity index (χ1n) is 5.61. The summed E-state index contributed by atoms with van der Waals surface area (Å²) < 4.78 is 31.5. The molecule has 2 rings (SSSR count). The number of nitrogens with one attached hydrogen (secondary N) is 1. The molecular weight excluding hydrogens is 274 g/mol. The Balaban J connectivity index is 2.29. The molecule has 18 heavy (non-hydrogen) atoms. The Labute approximate surface area is 110 Å². The van der Waals surface area contributed by atoms with Crippen molar-refractivity contribution in [3.8, 4) is 0 Å². The summed E-state index contributed by atoms with van der Waals surface area (Å²) in [6, 6.07) is 0. The lowest BCUT2D eigenvalue weighted by molar-refractivity contribution is 0.0602. The highest BCUT2D eigenvalue weighted by Gasteiger charge is 2.29. The Morgan fingerprint density at radius 2 is 2.22 bits per heavy atom. The molecule has 1 N–H and O–H groups in total. The van der Waals surface area contributed by atoms with E-state index in [-0.39, 0.29) is 9.77 Å². The highest BCUT2D eigenvalue weighted by Crippen LogP contribution is 2.30. The highest BCUT2D eigenvalue weighted by molar-refractivity contribution is 7.89. The Morgan fingerprint density at radius 1 is 1.56 bits per heavy atom. The number of hydrogen-bond donors (Lipinski definition) is 1. The molecule has 0 unspecified atom stereocenters. The third-order valence-electron chi connectivity index (χ3n) is 2.82. The lowest BCUT2D eigenvalue weighted by Gasteiger charge is -2.07. The van der Waals surface area contributed by atoms with Gasteiger partial charge in [-0.3, -0.25) is 0 Å². The van der Waals surface area contributed by atoms with Crippen molar-refractivity contribution >= 4 is 27.3 Å².